The number of aryl methyl sites for hydroxylation is 1. The van der Waals surface area contributed by atoms with Crippen LogP contribution in [-0.4, -0.2) is 29.3 Å². The molecule has 1 heterocycles. The Morgan fingerprint density at radius 1 is 1.00 bits per heavy atom. The van der Waals surface area contributed by atoms with Gasteiger partial charge in [-0.05, 0) is 47.4 Å². The molecule has 6 nitrogen and oxygen atoms in total. The largest absolute Gasteiger partial charge is 0.325 e. The van der Waals surface area contributed by atoms with Crippen LogP contribution in [0.2, 0.25) is 0 Å². The molecule has 1 aliphatic heterocycles. The van der Waals surface area contributed by atoms with Crippen LogP contribution in [0.5, 0.6) is 0 Å². The van der Waals surface area contributed by atoms with Crippen molar-refractivity contribution >= 4 is 34.3 Å². The summed E-state index contributed by atoms with van der Waals surface area (Å²) in [5.41, 5.74) is 1.14. The van der Waals surface area contributed by atoms with E-state index in [0.29, 0.717) is 11.3 Å². The molecule has 6 heteroatoms. The van der Waals surface area contributed by atoms with Crippen LogP contribution in [-0.2, 0) is 21.5 Å². The molecule has 2 N–H and O–H groups in total. The van der Waals surface area contributed by atoms with Gasteiger partial charge >= 0.3 is 6.03 Å². The highest BCUT2D eigenvalue weighted by Crippen LogP contribution is 2.31. The second kappa shape index (κ2) is 7.63. The van der Waals surface area contributed by atoms with Crippen molar-refractivity contribution in [1.82, 2.24) is 10.2 Å². The maximum absolute atomic E-state index is 13.1. The van der Waals surface area contributed by atoms with Gasteiger partial charge in [-0.25, -0.2) is 4.79 Å². The number of anilines is 1. The molecule has 1 saturated heterocycles. The molecular weight excluding hydrogens is 378 g/mol. The number of nitrogens with zero attached hydrogens (tertiary/aromatic N) is 1. The Labute approximate surface area is 174 Å². The summed E-state index contributed by atoms with van der Waals surface area (Å²) in [5.74, 6) is -0.858. The molecule has 4 rings (SSSR count). The number of nitrogens with one attached hydrogen (secondary N) is 2. The first kappa shape index (κ1) is 19.6. The van der Waals surface area contributed by atoms with Gasteiger partial charge in [0.1, 0.15) is 12.1 Å². The Morgan fingerprint density at radius 3 is 2.47 bits per heavy atom. The number of para-hydroxylation sites is 1. The molecule has 0 saturated carbocycles. The molecule has 1 atom stereocenters. The number of fused-ring (bicyclic) bond motifs is 1. The highest BCUT2D eigenvalue weighted by molar-refractivity contribution is 6.10. The maximum atomic E-state index is 13.1. The number of hydrogen-bond acceptors (Lipinski definition) is 3. The Bertz CT molecular complexity index is 1160. The molecule has 152 valence electrons. The minimum atomic E-state index is -1.22. The molecule has 0 aliphatic carbocycles. The quantitative estimate of drug-likeness (QED) is 0.638. The SMILES string of the molecule is CCc1ccccc1NC(=O)CN1C(=O)NC(C)(c2ccc3ccccc3c2)C1=O. The number of amides is 4. The van der Waals surface area contributed by atoms with Crippen LogP contribution < -0.4 is 10.6 Å². The second-order valence-corrected chi connectivity index (χ2v) is 7.57. The molecule has 30 heavy (non-hydrogen) atoms. The zero-order valence-corrected chi connectivity index (χ0v) is 16.9. The van der Waals surface area contributed by atoms with Crippen molar-refractivity contribution < 1.29 is 14.4 Å². The first-order valence-electron chi connectivity index (χ1n) is 9.93. The Morgan fingerprint density at radius 2 is 1.70 bits per heavy atom. The number of carbonyl (C=O) groups excluding carboxylic acids is 3. The summed E-state index contributed by atoms with van der Waals surface area (Å²) in [6.07, 6.45) is 0.764. The van der Waals surface area contributed by atoms with Gasteiger partial charge in [0.25, 0.3) is 5.91 Å². The van der Waals surface area contributed by atoms with Crippen LogP contribution >= 0.6 is 0 Å². The molecule has 0 spiro atoms. The van der Waals surface area contributed by atoms with E-state index in [1.165, 1.54) is 0 Å². The van der Waals surface area contributed by atoms with Gasteiger partial charge < -0.3 is 10.6 Å². The van der Waals surface area contributed by atoms with Crippen molar-refractivity contribution in [3.8, 4) is 0 Å². The molecule has 4 amide bonds. The lowest BCUT2D eigenvalue weighted by Gasteiger charge is -2.22. The fourth-order valence-electron chi connectivity index (χ4n) is 3.82. The van der Waals surface area contributed by atoms with Crippen LogP contribution in [0.25, 0.3) is 10.8 Å². The van der Waals surface area contributed by atoms with E-state index in [1.54, 1.807) is 6.92 Å². The van der Waals surface area contributed by atoms with Gasteiger partial charge in [-0.3, -0.25) is 14.5 Å². The van der Waals surface area contributed by atoms with E-state index in [9.17, 15) is 14.4 Å². The number of urea groups is 1. The highest BCUT2D eigenvalue weighted by atomic mass is 16.2. The third-order valence-electron chi connectivity index (χ3n) is 5.58. The van der Waals surface area contributed by atoms with E-state index >= 15 is 0 Å². The summed E-state index contributed by atoms with van der Waals surface area (Å²) < 4.78 is 0. The summed E-state index contributed by atoms with van der Waals surface area (Å²) in [6.45, 7) is 3.32. The smallest absolute Gasteiger partial charge is 0.324 e. The summed E-state index contributed by atoms with van der Waals surface area (Å²) in [5, 5.41) is 7.59. The molecule has 0 bridgehead atoms. The summed E-state index contributed by atoms with van der Waals surface area (Å²) in [4.78, 5) is 39.2. The monoisotopic (exact) mass is 401 g/mol. The van der Waals surface area contributed by atoms with E-state index in [0.717, 1.165) is 27.7 Å². The third kappa shape index (κ3) is 3.41. The average Bonchev–Trinajstić information content (AvgIpc) is 2.97. The standard InChI is InChI=1S/C24H23N3O3/c1-3-16-8-6-7-11-20(16)25-21(28)15-27-22(29)24(2,26-23(27)30)19-13-12-17-9-4-5-10-18(17)14-19/h4-14H,3,15H2,1-2H3,(H,25,28)(H,26,30). The van der Waals surface area contributed by atoms with E-state index in [-0.39, 0.29) is 6.54 Å². The van der Waals surface area contributed by atoms with Crippen LogP contribution in [0, 0.1) is 0 Å². The molecule has 1 fully saturated rings. The van der Waals surface area contributed by atoms with Crippen LogP contribution in [0.1, 0.15) is 25.0 Å². The Balaban J connectivity index is 1.55. The molecule has 3 aromatic carbocycles. The first-order valence-corrected chi connectivity index (χ1v) is 9.93. The van der Waals surface area contributed by atoms with E-state index < -0.39 is 23.4 Å². The number of carbonyl (C=O) groups is 3. The van der Waals surface area contributed by atoms with Gasteiger partial charge in [0.15, 0.2) is 0 Å². The van der Waals surface area contributed by atoms with Gasteiger partial charge in [0.05, 0.1) is 0 Å². The normalized spacial score (nSPS) is 18.5. The first-order chi connectivity index (χ1) is 14.4. The van der Waals surface area contributed by atoms with E-state index in [4.69, 9.17) is 0 Å². The third-order valence-corrected chi connectivity index (χ3v) is 5.58. The van der Waals surface area contributed by atoms with Crippen molar-refractivity contribution in [2.75, 3.05) is 11.9 Å². The van der Waals surface area contributed by atoms with Gasteiger partial charge in [0.2, 0.25) is 5.91 Å². The lowest BCUT2D eigenvalue weighted by Crippen LogP contribution is -2.42. The van der Waals surface area contributed by atoms with Crippen molar-refractivity contribution in [3.63, 3.8) is 0 Å². The van der Waals surface area contributed by atoms with Crippen molar-refractivity contribution in [3.05, 3.63) is 77.9 Å². The second-order valence-electron chi connectivity index (χ2n) is 7.57. The van der Waals surface area contributed by atoms with Crippen molar-refractivity contribution in [1.29, 1.82) is 0 Å². The Hall–Kier alpha value is -3.67. The average molecular weight is 401 g/mol. The van der Waals surface area contributed by atoms with Gasteiger partial charge in [-0.1, -0.05) is 61.5 Å². The minimum absolute atomic E-state index is 0.341. The summed E-state index contributed by atoms with van der Waals surface area (Å²) in [7, 11) is 0. The summed E-state index contributed by atoms with van der Waals surface area (Å²) >= 11 is 0. The predicted octanol–water partition coefficient (Wildman–Crippen LogP) is 3.81. The zero-order chi connectivity index (χ0) is 21.3. The highest BCUT2D eigenvalue weighted by Gasteiger charge is 2.49. The van der Waals surface area contributed by atoms with E-state index in [1.807, 2.05) is 73.7 Å². The maximum Gasteiger partial charge on any atom is 0.325 e. The number of imide groups is 1. The molecule has 3 aromatic rings. The van der Waals surface area contributed by atoms with Crippen LogP contribution in [0.3, 0.4) is 0 Å². The van der Waals surface area contributed by atoms with Gasteiger partial charge in [-0.15, -0.1) is 0 Å². The van der Waals surface area contributed by atoms with Crippen molar-refractivity contribution in [2.45, 2.75) is 25.8 Å². The fraction of sp³-hybridized carbons (Fsp3) is 0.208. The minimum Gasteiger partial charge on any atom is -0.324 e. The zero-order valence-electron chi connectivity index (χ0n) is 16.9. The van der Waals surface area contributed by atoms with E-state index in [2.05, 4.69) is 10.6 Å². The number of hydrogen-bond donors (Lipinski definition) is 2. The fourth-order valence-corrected chi connectivity index (χ4v) is 3.82. The van der Waals surface area contributed by atoms with Crippen LogP contribution in [0.15, 0.2) is 66.7 Å². The Kier molecular flexibility index (Phi) is 4.99. The molecule has 1 aliphatic rings. The van der Waals surface area contributed by atoms with Gasteiger partial charge in [0, 0.05) is 5.69 Å². The summed E-state index contributed by atoms with van der Waals surface area (Å²) in [6, 6.07) is 20.4. The number of rotatable bonds is 5. The lowest BCUT2D eigenvalue weighted by molar-refractivity contribution is -0.133. The molecule has 0 aromatic heterocycles. The lowest BCUT2D eigenvalue weighted by atomic mass is 9.90. The van der Waals surface area contributed by atoms with Crippen molar-refractivity contribution in [2.24, 2.45) is 0 Å². The van der Waals surface area contributed by atoms with Gasteiger partial charge in [-0.2, -0.15) is 0 Å². The van der Waals surface area contributed by atoms with Crippen LogP contribution in [0.4, 0.5) is 10.5 Å². The molecule has 1 unspecified atom stereocenters. The number of benzene rings is 3. The molecule has 0 radical (unpaired) electrons. The predicted molar refractivity (Wildman–Crippen MR) is 116 cm³/mol. The topological polar surface area (TPSA) is 78.5 Å². The molecular formula is C24H23N3O3.